The minimum Gasteiger partial charge on any atom is -0.373 e. The fourth-order valence-corrected chi connectivity index (χ4v) is 1.61. The van der Waals surface area contributed by atoms with Crippen LogP contribution in [-0.2, 0) is 4.74 Å². The van der Waals surface area contributed by atoms with Crippen molar-refractivity contribution in [3.05, 3.63) is 35.9 Å². The second-order valence-corrected chi connectivity index (χ2v) is 4.71. The van der Waals surface area contributed by atoms with E-state index in [1.807, 2.05) is 51.1 Å². The fourth-order valence-electron chi connectivity index (χ4n) is 1.61. The highest BCUT2D eigenvalue weighted by atomic mass is 16.5. The van der Waals surface area contributed by atoms with Gasteiger partial charge < -0.3 is 4.74 Å². The van der Waals surface area contributed by atoms with Crippen LogP contribution in [0.4, 0.5) is 0 Å². The number of Topliss-reactive ketones (excluding diaryl/α,β-unsaturated/α-hetero) is 1. The monoisotopic (exact) mass is 206 g/mol. The first kappa shape index (κ1) is 11.9. The number of rotatable bonds is 3. The Labute approximate surface area is 91.3 Å². The molecule has 0 saturated heterocycles. The lowest BCUT2D eigenvalue weighted by atomic mass is 9.84. The van der Waals surface area contributed by atoms with Gasteiger partial charge in [-0.2, -0.15) is 0 Å². The van der Waals surface area contributed by atoms with Gasteiger partial charge in [0.05, 0.1) is 0 Å². The van der Waals surface area contributed by atoms with Crippen LogP contribution >= 0.6 is 0 Å². The molecular formula is C13H18O2. The Bertz CT molecular complexity index is 322. The smallest absolute Gasteiger partial charge is 0.192 e. The quantitative estimate of drug-likeness (QED) is 0.711. The summed E-state index contributed by atoms with van der Waals surface area (Å²) in [5.41, 5.74) is 0.529. The Balaban J connectivity index is 2.93. The third-order valence-corrected chi connectivity index (χ3v) is 2.32. The summed E-state index contributed by atoms with van der Waals surface area (Å²) in [6.45, 7) is 6.01. The van der Waals surface area contributed by atoms with E-state index in [0.717, 1.165) is 0 Å². The summed E-state index contributed by atoms with van der Waals surface area (Å²) in [5, 5.41) is 0. The van der Waals surface area contributed by atoms with Gasteiger partial charge in [-0.05, 0) is 5.41 Å². The minimum atomic E-state index is -0.389. The number of benzene rings is 1. The first-order valence-electron chi connectivity index (χ1n) is 5.09. The zero-order chi connectivity index (χ0) is 11.5. The molecule has 0 spiro atoms. The molecule has 1 aromatic carbocycles. The molecular weight excluding hydrogens is 188 g/mol. The topological polar surface area (TPSA) is 26.3 Å². The summed E-state index contributed by atoms with van der Waals surface area (Å²) in [4.78, 5) is 12.1. The van der Waals surface area contributed by atoms with Gasteiger partial charge in [-0.1, -0.05) is 51.1 Å². The largest absolute Gasteiger partial charge is 0.373 e. The molecule has 0 bridgehead atoms. The third-order valence-electron chi connectivity index (χ3n) is 2.32. The summed E-state index contributed by atoms with van der Waals surface area (Å²) in [6, 6.07) is 9.26. The van der Waals surface area contributed by atoms with Gasteiger partial charge in [-0.25, -0.2) is 0 Å². The predicted molar refractivity (Wildman–Crippen MR) is 61.0 cm³/mol. The number of ketones is 1. The van der Waals surface area contributed by atoms with E-state index in [0.29, 0.717) is 5.56 Å². The molecule has 0 fully saturated rings. The van der Waals surface area contributed by atoms with E-state index >= 15 is 0 Å². The molecule has 0 aromatic heterocycles. The van der Waals surface area contributed by atoms with Crippen molar-refractivity contribution in [1.82, 2.24) is 0 Å². The molecule has 15 heavy (non-hydrogen) atoms. The Morgan fingerprint density at radius 2 is 1.73 bits per heavy atom. The molecule has 2 heteroatoms. The van der Waals surface area contributed by atoms with Gasteiger partial charge in [0.1, 0.15) is 6.10 Å². The zero-order valence-corrected chi connectivity index (χ0v) is 9.78. The van der Waals surface area contributed by atoms with Crippen LogP contribution in [0, 0.1) is 5.41 Å². The van der Waals surface area contributed by atoms with E-state index in [1.54, 1.807) is 7.11 Å². The van der Waals surface area contributed by atoms with Crippen LogP contribution in [0.2, 0.25) is 0 Å². The number of carbonyl (C=O) groups excluding carboxylic acids is 1. The predicted octanol–water partition coefficient (Wildman–Crippen LogP) is 2.93. The number of hydrogen-bond acceptors (Lipinski definition) is 2. The molecule has 82 valence electrons. The average molecular weight is 206 g/mol. The van der Waals surface area contributed by atoms with Crippen LogP contribution in [0.15, 0.2) is 30.3 Å². The third kappa shape index (κ3) is 2.90. The summed E-state index contributed by atoms with van der Waals surface area (Å²) < 4.78 is 5.28. The van der Waals surface area contributed by atoms with E-state index in [1.165, 1.54) is 0 Å². The standard InChI is InChI=1S/C13H18O2/c1-13(2,3)12(15-4)11(14)10-8-6-5-7-9-10/h5-9,12H,1-4H3. The van der Waals surface area contributed by atoms with Crippen molar-refractivity contribution < 1.29 is 9.53 Å². The van der Waals surface area contributed by atoms with Crippen molar-refractivity contribution in [1.29, 1.82) is 0 Å². The van der Waals surface area contributed by atoms with Gasteiger partial charge in [0.15, 0.2) is 5.78 Å². The van der Waals surface area contributed by atoms with E-state index in [2.05, 4.69) is 0 Å². The molecule has 0 amide bonds. The van der Waals surface area contributed by atoms with Gasteiger partial charge in [0.2, 0.25) is 0 Å². The van der Waals surface area contributed by atoms with Gasteiger partial charge in [0.25, 0.3) is 0 Å². The summed E-state index contributed by atoms with van der Waals surface area (Å²) in [5.74, 6) is 0.0469. The molecule has 1 unspecified atom stereocenters. The molecule has 0 N–H and O–H groups in total. The van der Waals surface area contributed by atoms with Crippen LogP contribution in [0.1, 0.15) is 31.1 Å². The van der Waals surface area contributed by atoms with Crippen molar-refractivity contribution >= 4 is 5.78 Å². The first-order chi connectivity index (χ1) is 6.96. The molecule has 0 heterocycles. The van der Waals surface area contributed by atoms with Crippen molar-refractivity contribution in [2.75, 3.05) is 7.11 Å². The van der Waals surface area contributed by atoms with Gasteiger partial charge >= 0.3 is 0 Å². The second-order valence-electron chi connectivity index (χ2n) is 4.71. The fraction of sp³-hybridized carbons (Fsp3) is 0.462. The Morgan fingerprint density at radius 1 is 1.20 bits per heavy atom. The van der Waals surface area contributed by atoms with E-state index < -0.39 is 0 Å². The highest BCUT2D eigenvalue weighted by molar-refractivity contribution is 5.99. The number of ether oxygens (including phenoxy) is 1. The summed E-state index contributed by atoms with van der Waals surface area (Å²) in [7, 11) is 1.58. The average Bonchev–Trinajstić information content (AvgIpc) is 2.18. The minimum absolute atomic E-state index is 0.0469. The zero-order valence-electron chi connectivity index (χ0n) is 9.78. The summed E-state index contributed by atoms with van der Waals surface area (Å²) in [6.07, 6.45) is -0.389. The SMILES string of the molecule is COC(C(=O)c1ccccc1)C(C)(C)C. The van der Waals surface area contributed by atoms with E-state index in [9.17, 15) is 4.79 Å². The van der Waals surface area contributed by atoms with Gasteiger partial charge in [-0.15, -0.1) is 0 Å². The molecule has 1 aromatic rings. The maximum atomic E-state index is 12.1. The van der Waals surface area contributed by atoms with Crippen molar-refractivity contribution in [3.8, 4) is 0 Å². The maximum Gasteiger partial charge on any atom is 0.192 e. The van der Waals surface area contributed by atoms with Gasteiger partial charge in [-0.3, -0.25) is 4.79 Å². The van der Waals surface area contributed by atoms with Crippen LogP contribution in [0.5, 0.6) is 0 Å². The Morgan fingerprint density at radius 3 is 2.13 bits per heavy atom. The lowest BCUT2D eigenvalue weighted by molar-refractivity contribution is 0.0196. The van der Waals surface area contributed by atoms with E-state index in [-0.39, 0.29) is 17.3 Å². The first-order valence-corrected chi connectivity index (χ1v) is 5.09. The lowest BCUT2D eigenvalue weighted by Gasteiger charge is -2.27. The molecule has 0 aliphatic carbocycles. The van der Waals surface area contributed by atoms with Crippen LogP contribution in [0.3, 0.4) is 0 Å². The lowest BCUT2D eigenvalue weighted by Crippen LogP contribution is -2.36. The molecule has 1 rings (SSSR count). The number of hydrogen-bond donors (Lipinski definition) is 0. The van der Waals surface area contributed by atoms with Crippen molar-refractivity contribution in [2.45, 2.75) is 26.9 Å². The highest BCUT2D eigenvalue weighted by Gasteiger charge is 2.31. The normalized spacial score (nSPS) is 13.6. The van der Waals surface area contributed by atoms with Crippen molar-refractivity contribution in [2.24, 2.45) is 5.41 Å². The molecule has 0 aliphatic heterocycles. The molecule has 0 aliphatic rings. The molecule has 1 atom stereocenters. The Kier molecular flexibility index (Phi) is 3.64. The van der Waals surface area contributed by atoms with Crippen LogP contribution in [-0.4, -0.2) is 19.0 Å². The van der Waals surface area contributed by atoms with E-state index in [4.69, 9.17) is 4.74 Å². The number of carbonyl (C=O) groups is 1. The van der Waals surface area contributed by atoms with Gasteiger partial charge in [0, 0.05) is 12.7 Å². The second kappa shape index (κ2) is 4.58. The number of methoxy groups -OCH3 is 1. The van der Waals surface area contributed by atoms with Crippen molar-refractivity contribution in [3.63, 3.8) is 0 Å². The molecule has 2 nitrogen and oxygen atoms in total. The van der Waals surface area contributed by atoms with Crippen LogP contribution < -0.4 is 0 Å². The molecule has 0 radical (unpaired) electrons. The maximum absolute atomic E-state index is 12.1. The summed E-state index contributed by atoms with van der Waals surface area (Å²) >= 11 is 0. The Hall–Kier alpha value is -1.15. The molecule has 0 saturated carbocycles. The highest BCUT2D eigenvalue weighted by Crippen LogP contribution is 2.24. The van der Waals surface area contributed by atoms with Crippen LogP contribution in [0.25, 0.3) is 0 Å².